The lowest BCUT2D eigenvalue weighted by Crippen LogP contribution is -2.40. The van der Waals surface area contributed by atoms with Crippen LogP contribution in [0.25, 0.3) is 0 Å². The molecule has 188 valence electrons. The van der Waals surface area contributed by atoms with Crippen molar-refractivity contribution >= 4 is 27.3 Å². The molecule has 0 aromatic heterocycles. The van der Waals surface area contributed by atoms with Gasteiger partial charge >= 0.3 is 0 Å². The summed E-state index contributed by atoms with van der Waals surface area (Å²) in [5.41, 5.74) is 1.86. The number of amides is 1. The summed E-state index contributed by atoms with van der Waals surface area (Å²) < 4.78 is 27.6. The number of hydrogen-bond donors (Lipinski definition) is 1. The van der Waals surface area contributed by atoms with Crippen LogP contribution in [-0.4, -0.2) is 43.8 Å². The van der Waals surface area contributed by atoms with Crippen LogP contribution in [-0.2, 0) is 27.9 Å². The van der Waals surface area contributed by atoms with Gasteiger partial charge in [-0.15, -0.1) is 0 Å². The van der Waals surface area contributed by atoms with E-state index in [-0.39, 0.29) is 22.8 Å². The Morgan fingerprint density at radius 3 is 2.28 bits per heavy atom. The highest BCUT2D eigenvalue weighted by Crippen LogP contribution is 2.27. The van der Waals surface area contributed by atoms with E-state index in [1.54, 1.807) is 18.2 Å². The molecule has 4 rings (SSSR count). The Labute approximate surface area is 210 Å². The zero-order chi connectivity index (χ0) is 25.5. The van der Waals surface area contributed by atoms with Crippen molar-refractivity contribution in [2.45, 2.75) is 30.8 Å². The minimum atomic E-state index is -4.15. The first-order valence-corrected chi connectivity index (χ1v) is 13.2. The van der Waals surface area contributed by atoms with Crippen molar-refractivity contribution in [1.29, 1.82) is 0 Å². The molecule has 1 aliphatic rings. The number of carbonyl (C=O) groups is 1. The smallest absolute Gasteiger partial charge is 0.271 e. The average molecular weight is 509 g/mol. The Balaban J connectivity index is 1.47. The molecule has 3 aromatic carbocycles. The quantitative estimate of drug-likeness (QED) is 0.330. The van der Waals surface area contributed by atoms with Crippen molar-refractivity contribution in [2.24, 2.45) is 0 Å². The highest BCUT2D eigenvalue weighted by molar-refractivity contribution is 7.92. The molecule has 0 spiro atoms. The van der Waals surface area contributed by atoms with E-state index in [9.17, 15) is 23.3 Å². The van der Waals surface area contributed by atoms with Crippen LogP contribution in [0.15, 0.2) is 83.8 Å². The van der Waals surface area contributed by atoms with E-state index in [2.05, 4.69) is 10.2 Å². The van der Waals surface area contributed by atoms with E-state index in [0.29, 0.717) is 0 Å². The second-order valence-electron chi connectivity index (χ2n) is 8.68. The van der Waals surface area contributed by atoms with Crippen LogP contribution in [0.3, 0.4) is 0 Å². The van der Waals surface area contributed by atoms with Gasteiger partial charge in [-0.2, -0.15) is 0 Å². The van der Waals surface area contributed by atoms with Gasteiger partial charge < -0.3 is 5.32 Å². The molecule has 0 bridgehead atoms. The summed E-state index contributed by atoms with van der Waals surface area (Å²) in [6, 6.07) is 20.9. The number of benzene rings is 3. The van der Waals surface area contributed by atoms with Gasteiger partial charge in [0.15, 0.2) is 0 Å². The van der Waals surface area contributed by atoms with Gasteiger partial charge in [0.2, 0.25) is 5.91 Å². The number of carbonyl (C=O) groups excluding carboxylic acids is 1. The maximum Gasteiger partial charge on any atom is 0.271 e. The molecule has 0 unspecified atom stereocenters. The Hall–Kier alpha value is -3.76. The first-order chi connectivity index (χ1) is 17.3. The zero-order valence-electron chi connectivity index (χ0n) is 19.7. The van der Waals surface area contributed by atoms with Crippen LogP contribution in [0, 0.1) is 10.1 Å². The molecule has 36 heavy (non-hydrogen) atoms. The molecule has 1 heterocycles. The number of anilines is 1. The van der Waals surface area contributed by atoms with Crippen molar-refractivity contribution in [1.82, 2.24) is 10.2 Å². The van der Waals surface area contributed by atoms with Gasteiger partial charge in [-0.25, -0.2) is 8.42 Å². The molecular weight excluding hydrogens is 480 g/mol. The highest BCUT2D eigenvalue weighted by atomic mass is 32.2. The molecule has 1 aliphatic heterocycles. The predicted octanol–water partition coefficient (Wildman–Crippen LogP) is 3.70. The standard InChI is InChI=1S/C26H28N4O5S/c31-26(27-18-21-11-13-22(14-12-21)19-28-15-4-5-16-28)20-29(23-7-6-8-24(17-23)30(32)33)36(34,35)25-9-2-1-3-10-25/h1-3,6-14,17H,4-5,15-16,18-20H2,(H,27,31). The van der Waals surface area contributed by atoms with Gasteiger partial charge in [0.25, 0.3) is 15.7 Å². The van der Waals surface area contributed by atoms with Crippen molar-refractivity contribution in [3.8, 4) is 0 Å². The van der Waals surface area contributed by atoms with Crippen molar-refractivity contribution in [3.05, 3.63) is 100 Å². The number of rotatable bonds is 10. The third-order valence-corrected chi connectivity index (χ3v) is 7.85. The Morgan fingerprint density at radius 1 is 0.944 bits per heavy atom. The largest absolute Gasteiger partial charge is 0.350 e. The third kappa shape index (κ3) is 6.27. The lowest BCUT2D eigenvalue weighted by Gasteiger charge is -2.24. The summed E-state index contributed by atoms with van der Waals surface area (Å²) in [6.07, 6.45) is 2.47. The predicted molar refractivity (Wildman–Crippen MR) is 137 cm³/mol. The Morgan fingerprint density at radius 2 is 1.61 bits per heavy atom. The topological polar surface area (TPSA) is 113 Å². The number of nitro groups is 1. The summed E-state index contributed by atoms with van der Waals surface area (Å²) in [6.45, 7) is 2.85. The van der Waals surface area contributed by atoms with Gasteiger partial charge in [-0.3, -0.25) is 24.1 Å². The number of sulfonamides is 1. The van der Waals surface area contributed by atoms with Crippen LogP contribution >= 0.6 is 0 Å². The highest BCUT2D eigenvalue weighted by Gasteiger charge is 2.28. The van der Waals surface area contributed by atoms with E-state index in [0.717, 1.165) is 35.6 Å². The second kappa shape index (κ2) is 11.3. The fraction of sp³-hybridized carbons (Fsp3) is 0.269. The number of nitrogens with one attached hydrogen (secondary N) is 1. The van der Waals surface area contributed by atoms with Gasteiger partial charge in [-0.05, 0) is 55.3 Å². The average Bonchev–Trinajstić information content (AvgIpc) is 3.40. The minimum Gasteiger partial charge on any atom is -0.350 e. The molecule has 9 nitrogen and oxygen atoms in total. The van der Waals surface area contributed by atoms with Gasteiger partial charge in [0.05, 0.1) is 15.5 Å². The van der Waals surface area contributed by atoms with E-state index >= 15 is 0 Å². The van der Waals surface area contributed by atoms with Gasteiger partial charge in [0, 0.05) is 25.2 Å². The summed E-state index contributed by atoms with van der Waals surface area (Å²) in [5, 5.41) is 14.0. The maximum atomic E-state index is 13.4. The molecule has 0 radical (unpaired) electrons. The first kappa shape index (κ1) is 25.3. The maximum absolute atomic E-state index is 13.4. The summed E-state index contributed by atoms with van der Waals surface area (Å²) in [4.78, 5) is 25.9. The van der Waals surface area contributed by atoms with Crippen LogP contribution in [0.4, 0.5) is 11.4 Å². The number of likely N-dealkylation sites (tertiary alicyclic amines) is 1. The molecule has 1 amide bonds. The fourth-order valence-corrected chi connectivity index (χ4v) is 5.58. The van der Waals surface area contributed by atoms with Crippen molar-refractivity contribution in [2.75, 3.05) is 23.9 Å². The molecule has 0 atom stereocenters. The molecule has 0 aliphatic carbocycles. The van der Waals surface area contributed by atoms with E-state index in [1.807, 2.05) is 24.3 Å². The summed E-state index contributed by atoms with van der Waals surface area (Å²) in [5.74, 6) is -0.526. The molecule has 0 saturated carbocycles. The van der Waals surface area contributed by atoms with Crippen LogP contribution < -0.4 is 9.62 Å². The van der Waals surface area contributed by atoms with Crippen LogP contribution in [0.2, 0.25) is 0 Å². The first-order valence-electron chi connectivity index (χ1n) is 11.7. The monoisotopic (exact) mass is 508 g/mol. The minimum absolute atomic E-state index is 0.0158. The van der Waals surface area contributed by atoms with E-state index in [4.69, 9.17) is 0 Å². The summed E-state index contributed by atoms with van der Waals surface area (Å²) >= 11 is 0. The lowest BCUT2D eigenvalue weighted by atomic mass is 10.1. The number of nitro benzene ring substituents is 1. The zero-order valence-corrected chi connectivity index (χ0v) is 20.6. The van der Waals surface area contributed by atoms with E-state index < -0.39 is 27.4 Å². The molecule has 1 N–H and O–H groups in total. The van der Waals surface area contributed by atoms with Crippen molar-refractivity contribution < 1.29 is 18.1 Å². The van der Waals surface area contributed by atoms with E-state index in [1.165, 1.54) is 48.7 Å². The third-order valence-electron chi connectivity index (χ3n) is 6.06. The molecular formula is C26H28N4O5S. The second-order valence-corrected chi connectivity index (χ2v) is 10.5. The van der Waals surface area contributed by atoms with Crippen LogP contribution in [0.5, 0.6) is 0 Å². The molecule has 1 fully saturated rings. The number of hydrogen-bond acceptors (Lipinski definition) is 6. The Kier molecular flexibility index (Phi) is 7.97. The van der Waals surface area contributed by atoms with Crippen LogP contribution in [0.1, 0.15) is 24.0 Å². The summed E-state index contributed by atoms with van der Waals surface area (Å²) in [7, 11) is -4.15. The van der Waals surface area contributed by atoms with Gasteiger partial charge in [-0.1, -0.05) is 48.5 Å². The number of non-ortho nitro benzene ring substituents is 1. The fourth-order valence-electron chi connectivity index (χ4n) is 4.14. The van der Waals surface area contributed by atoms with Gasteiger partial charge in [0.1, 0.15) is 6.54 Å². The van der Waals surface area contributed by atoms with Crippen molar-refractivity contribution in [3.63, 3.8) is 0 Å². The molecule has 1 saturated heterocycles. The molecule has 3 aromatic rings. The Bertz CT molecular complexity index is 1310. The lowest BCUT2D eigenvalue weighted by molar-refractivity contribution is -0.384. The SMILES string of the molecule is O=C(CN(c1cccc([N+](=O)[O-])c1)S(=O)(=O)c1ccccc1)NCc1ccc(CN2CCCC2)cc1. The number of nitrogens with zero attached hydrogens (tertiary/aromatic N) is 3. The normalized spacial score (nSPS) is 13.9. The molecule has 10 heteroatoms.